The number of allylic oxidation sites excluding steroid dienone is 1. The fourth-order valence-corrected chi connectivity index (χ4v) is 3.66. The molecule has 0 aromatic heterocycles. The van der Waals surface area contributed by atoms with Crippen LogP contribution in [0, 0.1) is 0 Å². The average molecular weight is 432 g/mol. The summed E-state index contributed by atoms with van der Waals surface area (Å²) in [7, 11) is 1.61. The van der Waals surface area contributed by atoms with E-state index in [0.717, 1.165) is 27.2 Å². The fourth-order valence-electron chi connectivity index (χ4n) is 2.83. The number of amides is 1. The number of carbonyl (C=O) groups excluding carboxylic acids is 1. The Balaban J connectivity index is 1.96. The third-order valence-electron chi connectivity index (χ3n) is 4.05. The highest BCUT2D eigenvalue weighted by Crippen LogP contribution is 2.33. The number of thiocarbonyl (C=S) groups is 1. The maximum absolute atomic E-state index is 12.9. The Hall–Kier alpha value is -2.38. The molecule has 2 aromatic rings. The van der Waals surface area contributed by atoms with Gasteiger partial charge in [0.25, 0.3) is 5.91 Å². The summed E-state index contributed by atoms with van der Waals surface area (Å²) in [5, 5.41) is 9.64. The van der Waals surface area contributed by atoms with Gasteiger partial charge >= 0.3 is 0 Å². The smallest absolute Gasteiger partial charge is 0.255 e. The van der Waals surface area contributed by atoms with Crippen LogP contribution in [0.4, 0.5) is 5.69 Å². The van der Waals surface area contributed by atoms with Gasteiger partial charge in [0, 0.05) is 11.4 Å². The molecule has 1 unspecified atom stereocenters. The molecule has 1 heterocycles. The molecule has 3 rings (SSSR count). The number of ether oxygens (including phenoxy) is 1. The van der Waals surface area contributed by atoms with Crippen molar-refractivity contribution in [3.05, 3.63) is 69.8 Å². The van der Waals surface area contributed by atoms with Crippen LogP contribution in [0.3, 0.4) is 0 Å². The summed E-state index contributed by atoms with van der Waals surface area (Å²) in [6.45, 7) is 1.85. The van der Waals surface area contributed by atoms with Crippen LogP contribution in [0.1, 0.15) is 18.5 Å². The summed E-state index contributed by atoms with van der Waals surface area (Å²) in [6, 6.07) is 14.7. The molecule has 1 atom stereocenters. The van der Waals surface area contributed by atoms with E-state index in [1.807, 2.05) is 55.5 Å². The monoisotopic (exact) mass is 431 g/mol. The van der Waals surface area contributed by atoms with Gasteiger partial charge in [0.2, 0.25) is 0 Å². The highest BCUT2D eigenvalue weighted by Gasteiger charge is 2.30. The number of para-hydroxylation sites is 1. The molecule has 26 heavy (non-hydrogen) atoms. The number of nitrogens with one attached hydrogen (secondary N) is 3. The summed E-state index contributed by atoms with van der Waals surface area (Å²) < 4.78 is 6.10. The number of anilines is 1. The van der Waals surface area contributed by atoms with E-state index in [-0.39, 0.29) is 11.9 Å². The zero-order valence-electron chi connectivity index (χ0n) is 14.3. The van der Waals surface area contributed by atoms with Crippen molar-refractivity contribution in [2.45, 2.75) is 13.0 Å². The van der Waals surface area contributed by atoms with Gasteiger partial charge in [-0.1, -0.05) is 24.3 Å². The average Bonchev–Trinajstić information content (AvgIpc) is 2.61. The van der Waals surface area contributed by atoms with Crippen LogP contribution >= 0.6 is 28.1 Å². The Morgan fingerprint density at radius 2 is 1.96 bits per heavy atom. The largest absolute Gasteiger partial charge is 0.496 e. The van der Waals surface area contributed by atoms with Crippen LogP contribution < -0.4 is 20.7 Å². The molecule has 0 spiro atoms. The Kier molecular flexibility index (Phi) is 5.58. The molecule has 1 amide bonds. The molecule has 2 aromatic carbocycles. The van der Waals surface area contributed by atoms with E-state index in [0.29, 0.717) is 10.7 Å². The van der Waals surface area contributed by atoms with E-state index in [4.69, 9.17) is 17.0 Å². The molecule has 0 bridgehead atoms. The van der Waals surface area contributed by atoms with Gasteiger partial charge in [-0.3, -0.25) is 4.79 Å². The highest BCUT2D eigenvalue weighted by molar-refractivity contribution is 9.10. The minimum atomic E-state index is -0.366. The Bertz CT molecular complexity index is 884. The number of carbonyl (C=O) groups is 1. The van der Waals surface area contributed by atoms with E-state index >= 15 is 0 Å². The number of benzene rings is 2. The third kappa shape index (κ3) is 3.89. The first kappa shape index (κ1) is 18.4. The summed E-state index contributed by atoms with van der Waals surface area (Å²) in [4.78, 5) is 12.9. The fraction of sp³-hybridized carbons (Fsp3) is 0.158. The number of hydrogen-bond acceptors (Lipinski definition) is 3. The lowest BCUT2D eigenvalue weighted by molar-refractivity contribution is -0.113. The van der Waals surface area contributed by atoms with Crippen molar-refractivity contribution < 1.29 is 9.53 Å². The van der Waals surface area contributed by atoms with E-state index < -0.39 is 0 Å². The second-order valence-corrected chi connectivity index (χ2v) is 7.05. The van der Waals surface area contributed by atoms with Gasteiger partial charge in [0.05, 0.1) is 23.2 Å². The topological polar surface area (TPSA) is 62.4 Å². The summed E-state index contributed by atoms with van der Waals surface area (Å²) >= 11 is 8.78. The lowest BCUT2D eigenvalue weighted by Gasteiger charge is -2.30. The molecular formula is C19H18BrN3O2S. The maximum Gasteiger partial charge on any atom is 0.255 e. The van der Waals surface area contributed by atoms with Crippen molar-refractivity contribution in [1.29, 1.82) is 0 Å². The summed E-state index contributed by atoms with van der Waals surface area (Å²) in [5.74, 6) is 0.536. The first-order chi connectivity index (χ1) is 12.5. The van der Waals surface area contributed by atoms with Gasteiger partial charge in [-0.2, -0.15) is 0 Å². The minimum absolute atomic E-state index is 0.187. The van der Waals surface area contributed by atoms with Crippen LogP contribution in [0.5, 0.6) is 5.75 Å². The van der Waals surface area contributed by atoms with Gasteiger partial charge in [-0.25, -0.2) is 0 Å². The van der Waals surface area contributed by atoms with Crippen molar-refractivity contribution in [3.8, 4) is 5.75 Å². The molecule has 0 saturated carbocycles. The van der Waals surface area contributed by atoms with E-state index in [1.165, 1.54) is 0 Å². The zero-order chi connectivity index (χ0) is 18.7. The van der Waals surface area contributed by atoms with Crippen LogP contribution in [0.15, 0.2) is 64.3 Å². The zero-order valence-corrected chi connectivity index (χ0v) is 16.7. The molecule has 0 saturated heterocycles. The molecule has 134 valence electrons. The van der Waals surface area contributed by atoms with Crippen molar-refractivity contribution >= 4 is 44.9 Å². The van der Waals surface area contributed by atoms with Gasteiger partial charge < -0.3 is 20.7 Å². The molecule has 7 heteroatoms. The van der Waals surface area contributed by atoms with Crippen LogP contribution in [-0.4, -0.2) is 18.1 Å². The number of rotatable bonds is 4. The summed E-state index contributed by atoms with van der Waals surface area (Å²) in [5.41, 5.74) is 2.94. The normalized spacial score (nSPS) is 16.6. The molecule has 5 nitrogen and oxygen atoms in total. The standard InChI is InChI=1S/C19H18BrN3O2S/c1-11-16(18(24)22-13-6-4-3-5-7-13)17(23-19(26)21-11)12-8-9-15(25-2)14(20)10-12/h3-10,17H,1-2H3,(H,22,24)(H2,21,23,26). The maximum atomic E-state index is 12.9. The molecule has 3 N–H and O–H groups in total. The van der Waals surface area contributed by atoms with Crippen LogP contribution in [-0.2, 0) is 4.79 Å². The van der Waals surface area contributed by atoms with Gasteiger partial charge in [0.1, 0.15) is 5.75 Å². The summed E-state index contributed by atoms with van der Waals surface area (Å²) in [6.07, 6.45) is 0. The predicted molar refractivity (Wildman–Crippen MR) is 110 cm³/mol. The first-order valence-electron chi connectivity index (χ1n) is 7.97. The Morgan fingerprint density at radius 3 is 2.62 bits per heavy atom. The van der Waals surface area contributed by atoms with Gasteiger partial charge in [-0.15, -0.1) is 0 Å². The highest BCUT2D eigenvalue weighted by atomic mass is 79.9. The molecule has 1 aliphatic rings. The minimum Gasteiger partial charge on any atom is -0.496 e. The van der Waals surface area contributed by atoms with Gasteiger partial charge in [-0.05, 0) is 64.9 Å². The van der Waals surface area contributed by atoms with Crippen molar-refractivity contribution in [1.82, 2.24) is 10.6 Å². The quantitative estimate of drug-likeness (QED) is 0.640. The Labute approximate surface area is 165 Å². The number of methoxy groups -OCH3 is 1. The van der Waals surface area contributed by atoms with Crippen LogP contribution in [0.2, 0.25) is 0 Å². The van der Waals surface area contributed by atoms with E-state index in [2.05, 4.69) is 31.9 Å². The number of hydrogen-bond donors (Lipinski definition) is 3. The first-order valence-corrected chi connectivity index (χ1v) is 9.18. The van der Waals surface area contributed by atoms with Crippen molar-refractivity contribution in [2.75, 3.05) is 12.4 Å². The lowest BCUT2D eigenvalue weighted by Crippen LogP contribution is -2.45. The molecular weight excluding hydrogens is 414 g/mol. The second kappa shape index (κ2) is 7.88. The molecule has 0 radical (unpaired) electrons. The van der Waals surface area contributed by atoms with E-state index in [1.54, 1.807) is 7.11 Å². The lowest BCUT2D eigenvalue weighted by atomic mass is 9.95. The molecule has 0 fully saturated rings. The van der Waals surface area contributed by atoms with Gasteiger partial charge in [0.15, 0.2) is 5.11 Å². The number of halogens is 1. The Morgan fingerprint density at radius 1 is 1.23 bits per heavy atom. The SMILES string of the molecule is COc1ccc(C2NC(=S)NC(C)=C2C(=O)Nc2ccccc2)cc1Br. The molecule has 1 aliphatic heterocycles. The van der Waals surface area contributed by atoms with E-state index in [9.17, 15) is 4.79 Å². The molecule has 0 aliphatic carbocycles. The van der Waals surface area contributed by atoms with Crippen molar-refractivity contribution in [3.63, 3.8) is 0 Å². The van der Waals surface area contributed by atoms with Crippen molar-refractivity contribution in [2.24, 2.45) is 0 Å². The second-order valence-electron chi connectivity index (χ2n) is 5.78. The third-order valence-corrected chi connectivity index (χ3v) is 4.89. The predicted octanol–water partition coefficient (Wildman–Crippen LogP) is 3.89. The van der Waals surface area contributed by atoms with Crippen LogP contribution in [0.25, 0.3) is 0 Å².